The molecule has 170 valence electrons. The molecule has 1 fully saturated rings. The van der Waals surface area contributed by atoms with Gasteiger partial charge in [0.25, 0.3) is 5.91 Å². The monoisotopic (exact) mass is 477 g/mol. The maximum Gasteiger partial charge on any atom is 0.306 e. The molecule has 1 aliphatic carbocycles. The molecule has 0 unspecified atom stereocenters. The molecule has 8 heteroatoms. The van der Waals surface area contributed by atoms with E-state index < -0.39 is 5.97 Å². The van der Waals surface area contributed by atoms with Crippen LogP contribution < -0.4 is 10.1 Å². The first-order valence-electron chi connectivity index (χ1n) is 10.6. The second-order valence-corrected chi connectivity index (χ2v) is 8.68. The van der Waals surface area contributed by atoms with Crippen molar-refractivity contribution in [3.8, 4) is 5.75 Å². The Morgan fingerprint density at radius 3 is 2.22 bits per heavy atom. The van der Waals surface area contributed by atoms with E-state index in [1.807, 2.05) is 0 Å². The number of hydrogen-bond acceptors (Lipinski definition) is 4. The van der Waals surface area contributed by atoms with Crippen molar-refractivity contribution in [3.05, 3.63) is 63.6 Å². The van der Waals surface area contributed by atoms with Crippen molar-refractivity contribution in [2.75, 3.05) is 6.54 Å². The number of nitrogens with one attached hydrogen (secondary N) is 1. The van der Waals surface area contributed by atoms with Gasteiger partial charge in [-0.3, -0.25) is 14.4 Å². The highest BCUT2D eigenvalue weighted by Gasteiger charge is 2.26. The fourth-order valence-corrected chi connectivity index (χ4v) is 3.97. The highest BCUT2D eigenvalue weighted by molar-refractivity contribution is 6.42. The van der Waals surface area contributed by atoms with Gasteiger partial charge in [0, 0.05) is 24.1 Å². The van der Waals surface area contributed by atoms with Crippen LogP contribution in [0, 0.1) is 5.92 Å². The van der Waals surface area contributed by atoms with Crippen molar-refractivity contribution in [3.63, 3.8) is 0 Å². The third-order valence-corrected chi connectivity index (χ3v) is 6.29. The lowest BCUT2D eigenvalue weighted by Crippen LogP contribution is -2.27. The summed E-state index contributed by atoms with van der Waals surface area (Å²) in [7, 11) is 0. The average molecular weight is 478 g/mol. The SMILES string of the molecule is O=C(CCCNC(=O)c1ccc(Cl)c(Cl)c1)c1ccc(OC2CCC(C(=O)O)CC2)cc1. The molecule has 1 aliphatic rings. The highest BCUT2D eigenvalue weighted by Crippen LogP contribution is 2.28. The maximum absolute atomic E-state index is 12.4. The fourth-order valence-electron chi connectivity index (χ4n) is 3.67. The summed E-state index contributed by atoms with van der Waals surface area (Å²) in [5.41, 5.74) is 1.00. The highest BCUT2D eigenvalue weighted by atomic mass is 35.5. The fraction of sp³-hybridized carbons (Fsp3) is 0.375. The van der Waals surface area contributed by atoms with Crippen LogP contribution in [0.2, 0.25) is 10.0 Å². The van der Waals surface area contributed by atoms with E-state index in [1.165, 1.54) is 6.07 Å². The van der Waals surface area contributed by atoms with Crippen LogP contribution in [-0.4, -0.2) is 35.4 Å². The van der Waals surface area contributed by atoms with E-state index in [2.05, 4.69) is 5.32 Å². The summed E-state index contributed by atoms with van der Waals surface area (Å²) >= 11 is 11.8. The minimum Gasteiger partial charge on any atom is -0.490 e. The summed E-state index contributed by atoms with van der Waals surface area (Å²) in [4.78, 5) is 35.6. The smallest absolute Gasteiger partial charge is 0.306 e. The molecule has 32 heavy (non-hydrogen) atoms. The van der Waals surface area contributed by atoms with Crippen molar-refractivity contribution < 1.29 is 24.2 Å². The van der Waals surface area contributed by atoms with Gasteiger partial charge >= 0.3 is 5.97 Å². The van der Waals surface area contributed by atoms with Crippen LogP contribution in [0.15, 0.2) is 42.5 Å². The molecule has 0 spiro atoms. The Kier molecular flexibility index (Phi) is 8.53. The van der Waals surface area contributed by atoms with Crippen LogP contribution >= 0.6 is 23.2 Å². The van der Waals surface area contributed by atoms with Crippen LogP contribution in [0.3, 0.4) is 0 Å². The number of hydrogen-bond donors (Lipinski definition) is 2. The average Bonchev–Trinajstić information content (AvgIpc) is 2.79. The number of carbonyl (C=O) groups excluding carboxylic acids is 2. The Bertz CT molecular complexity index is 969. The summed E-state index contributed by atoms with van der Waals surface area (Å²) in [5.74, 6) is -0.615. The largest absolute Gasteiger partial charge is 0.490 e. The lowest BCUT2D eigenvalue weighted by molar-refractivity contribution is -0.143. The summed E-state index contributed by atoms with van der Waals surface area (Å²) in [6.45, 7) is 0.366. The molecule has 6 nitrogen and oxygen atoms in total. The second kappa shape index (κ2) is 11.3. The third kappa shape index (κ3) is 6.71. The molecule has 0 heterocycles. The van der Waals surface area contributed by atoms with Gasteiger partial charge in [-0.25, -0.2) is 0 Å². The van der Waals surface area contributed by atoms with Crippen molar-refractivity contribution in [1.82, 2.24) is 5.32 Å². The number of Topliss-reactive ketones (excluding diaryl/α,β-unsaturated/α-hetero) is 1. The van der Waals surface area contributed by atoms with Crippen LogP contribution in [0.5, 0.6) is 5.75 Å². The van der Waals surface area contributed by atoms with Gasteiger partial charge in [-0.15, -0.1) is 0 Å². The molecule has 0 aliphatic heterocycles. The Balaban J connectivity index is 1.39. The number of halogens is 2. The van der Waals surface area contributed by atoms with Crippen molar-refractivity contribution in [2.45, 2.75) is 44.6 Å². The van der Waals surface area contributed by atoms with Crippen LogP contribution in [0.25, 0.3) is 0 Å². The number of carbonyl (C=O) groups is 3. The van der Waals surface area contributed by atoms with Gasteiger partial charge in [-0.05, 0) is 74.6 Å². The van der Waals surface area contributed by atoms with Gasteiger partial charge in [0.15, 0.2) is 5.78 Å². The number of rotatable bonds is 9. The summed E-state index contributed by atoms with van der Waals surface area (Å²) in [5, 5.41) is 12.5. The molecule has 1 saturated carbocycles. The third-order valence-electron chi connectivity index (χ3n) is 5.55. The molecule has 2 aromatic rings. The predicted octanol–water partition coefficient (Wildman–Crippen LogP) is 5.41. The van der Waals surface area contributed by atoms with Gasteiger partial charge in [0.05, 0.1) is 22.1 Å². The molecular weight excluding hydrogens is 453 g/mol. The molecule has 2 N–H and O–H groups in total. The number of amides is 1. The number of aliphatic carboxylic acids is 1. The van der Waals surface area contributed by atoms with E-state index in [0.29, 0.717) is 72.0 Å². The molecule has 1 amide bonds. The molecule has 3 rings (SSSR count). The molecule has 0 saturated heterocycles. The quantitative estimate of drug-likeness (QED) is 0.372. The molecule has 0 bridgehead atoms. The second-order valence-electron chi connectivity index (χ2n) is 7.87. The van der Waals surface area contributed by atoms with Crippen LogP contribution in [-0.2, 0) is 4.79 Å². The number of ketones is 1. The maximum atomic E-state index is 12.4. The molecular formula is C24H25Cl2NO5. The van der Waals surface area contributed by atoms with E-state index in [-0.39, 0.29) is 23.7 Å². The lowest BCUT2D eigenvalue weighted by atomic mass is 9.87. The number of ether oxygens (including phenoxy) is 1. The van der Waals surface area contributed by atoms with E-state index in [9.17, 15) is 14.4 Å². The molecule has 0 atom stereocenters. The molecule has 2 aromatic carbocycles. The molecule has 0 radical (unpaired) electrons. The Hall–Kier alpha value is -2.57. The minimum absolute atomic E-state index is 0.00582. The topological polar surface area (TPSA) is 92.7 Å². The first-order valence-corrected chi connectivity index (χ1v) is 11.3. The molecule has 0 aromatic heterocycles. The van der Waals surface area contributed by atoms with Gasteiger partial charge < -0.3 is 15.2 Å². The Morgan fingerprint density at radius 2 is 1.59 bits per heavy atom. The lowest BCUT2D eigenvalue weighted by Gasteiger charge is -2.26. The minimum atomic E-state index is -0.736. The van der Waals surface area contributed by atoms with Gasteiger partial charge in [-0.1, -0.05) is 23.2 Å². The van der Waals surface area contributed by atoms with E-state index in [0.717, 1.165) is 0 Å². The zero-order chi connectivity index (χ0) is 23.1. The first kappa shape index (κ1) is 24.1. The van der Waals surface area contributed by atoms with Gasteiger partial charge in [0.1, 0.15) is 5.75 Å². The first-order chi connectivity index (χ1) is 15.3. The summed E-state index contributed by atoms with van der Waals surface area (Å²) < 4.78 is 5.93. The zero-order valence-electron chi connectivity index (χ0n) is 17.5. The van der Waals surface area contributed by atoms with Gasteiger partial charge in [-0.2, -0.15) is 0 Å². The van der Waals surface area contributed by atoms with Crippen LogP contribution in [0.1, 0.15) is 59.2 Å². The Labute approximate surface area is 196 Å². The number of benzene rings is 2. The van der Waals surface area contributed by atoms with Crippen LogP contribution in [0.4, 0.5) is 0 Å². The zero-order valence-corrected chi connectivity index (χ0v) is 19.0. The van der Waals surface area contributed by atoms with Crippen molar-refractivity contribution in [1.29, 1.82) is 0 Å². The van der Waals surface area contributed by atoms with E-state index in [1.54, 1.807) is 36.4 Å². The predicted molar refractivity (Wildman–Crippen MR) is 123 cm³/mol. The van der Waals surface area contributed by atoms with Gasteiger partial charge in [0.2, 0.25) is 0 Å². The summed E-state index contributed by atoms with van der Waals surface area (Å²) in [6.07, 6.45) is 3.50. The Morgan fingerprint density at radius 1 is 0.938 bits per heavy atom. The van der Waals surface area contributed by atoms with E-state index in [4.69, 9.17) is 33.0 Å². The van der Waals surface area contributed by atoms with Crippen molar-refractivity contribution in [2.24, 2.45) is 5.92 Å². The number of carboxylic acid groups (broad SMARTS) is 1. The van der Waals surface area contributed by atoms with Crippen molar-refractivity contribution >= 4 is 40.9 Å². The normalized spacial score (nSPS) is 18.1. The summed E-state index contributed by atoms with van der Waals surface area (Å²) in [6, 6.07) is 11.7. The number of carboxylic acids is 1. The van der Waals surface area contributed by atoms with E-state index >= 15 is 0 Å². The standard InChI is InChI=1S/C24H25Cl2NO5/c25-20-12-7-17(14-21(20)26)23(29)27-13-1-2-22(28)15-3-8-18(9-4-15)32-19-10-5-16(6-11-19)24(30)31/h3-4,7-9,12,14,16,19H,1-2,5-6,10-11,13H2,(H,27,29)(H,30,31).